The molecular formula is C25H30N4O3. The molecule has 7 heteroatoms. The van der Waals surface area contributed by atoms with Crippen molar-refractivity contribution in [2.45, 2.75) is 59.2 Å². The van der Waals surface area contributed by atoms with E-state index >= 15 is 0 Å². The smallest absolute Gasteiger partial charge is 0.193 e. The Morgan fingerprint density at radius 2 is 1.97 bits per heavy atom. The number of fused-ring (bicyclic) bond motifs is 5. The maximum absolute atomic E-state index is 12.8. The largest absolute Gasteiger partial charge is 0.488 e. The number of carbonyl (C=O) groups excluding carboxylic acids is 1. The van der Waals surface area contributed by atoms with Crippen molar-refractivity contribution in [3.8, 4) is 17.1 Å². The van der Waals surface area contributed by atoms with Gasteiger partial charge >= 0.3 is 0 Å². The molecule has 2 aromatic heterocycles. The lowest BCUT2D eigenvalue weighted by Gasteiger charge is -2.38. The molecule has 0 spiro atoms. The Morgan fingerprint density at radius 1 is 1.22 bits per heavy atom. The second-order valence-electron chi connectivity index (χ2n) is 10.0. The van der Waals surface area contributed by atoms with E-state index in [1.165, 1.54) is 6.92 Å². The summed E-state index contributed by atoms with van der Waals surface area (Å²) in [5.74, 6) is 0.581. The Bertz CT molecular complexity index is 1260. The predicted molar refractivity (Wildman–Crippen MR) is 124 cm³/mol. The number of hydrogen-bond donors (Lipinski definition) is 1. The van der Waals surface area contributed by atoms with E-state index in [9.17, 15) is 9.59 Å². The third kappa shape index (κ3) is 3.45. The number of nitrogens with zero attached hydrogens (tertiary/aromatic N) is 3. The lowest BCUT2D eigenvalue weighted by molar-refractivity contribution is 0.101. The molecule has 0 bridgehead atoms. The van der Waals surface area contributed by atoms with Crippen LogP contribution in [0.3, 0.4) is 0 Å². The van der Waals surface area contributed by atoms with Gasteiger partial charge in [-0.2, -0.15) is 5.10 Å². The van der Waals surface area contributed by atoms with Crippen LogP contribution in [0.1, 0.15) is 56.9 Å². The third-order valence-corrected chi connectivity index (χ3v) is 6.70. The van der Waals surface area contributed by atoms with Crippen LogP contribution in [0.5, 0.6) is 5.75 Å². The van der Waals surface area contributed by atoms with Crippen LogP contribution in [0.2, 0.25) is 0 Å². The molecule has 1 N–H and O–H groups in total. The molecule has 0 saturated carbocycles. The average Bonchev–Trinajstić information content (AvgIpc) is 3.12. The molecule has 2 aliphatic heterocycles. The van der Waals surface area contributed by atoms with E-state index in [1.807, 2.05) is 22.9 Å². The van der Waals surface area contributed by atoms with Crippen LogP contribution >= 0.6 is 0 Å². The van der Waals surface area contributed by atoms with Crippen molar-refractivity contribution < 1.29 is 9.53 Å². The minimum Gasteiger partial charge on any atom is -0.488 e. The first kappa shape index (κ1) is 20.9. The number of Topliss-reactive ketones (excluding diaryl/α,β-unsaturated/α-hetero) is 1. The second kappa shape index (κ2) is 7.59. The van der Waals surface area contributed by atoms with Gasteiger partial charge in [-0.15, -0.1) is 0 Å². The van der Waals surface area contributed by atoms with Crippen molar-refractivity contribution in [1.82, 2.24) is 19.7 Å². The van der Waals surface area contributed by atoms with Gasteiger partial charge in [0.1, 0.15) is 17.4 Å². The number of ketones is 1. The highest BCUT2D eigenvalue weighted by molar-refractivity contribution is 5.97. The minimum absolute atomic E-state index is 0.0480. The highest BCUT2D eigenvalue weighted by Crippen LogP contribution is 2.43. The van der Waals surface area contributed by atoms with Gasteiger partial charge in [0.25, 0.3) is 0 Å². The molecule has 5 rings (SSSR count). The number of pyridine rings is 1. The molecule has 0 radical (unpaired) electrons. The molecular weight excluding hydrogens is 404 g/mol. The Kier molecular flexibility index (Phi) is 4.97. The van der Waals surface area contributed by atoms with Gasteiger partial charge in [0.05, 0.1) is 29.5 Å². The van der Waals surface area contributed by atoms with Gasteiger partial charge in [-0.05, 0) is 44.3 Å². The summed E-state index contributed by atoms with van der Waals surface area (Å²) < 4.78 is 10.5. The molecule has 1 aromatic carbocycles. The number of benzene rings is 1. The van der Waals surface area contributed by atoms with Crippen molar-refractivity contribution in [3.05, 3.63) is 46.2 Å². The first-order valence-electron chi connectivity index (χ1n) is 11.4. The molecule has 3 aromatic rings. The molecule has 7 nitrogen and oxygen atoms in total. The van der Waals surface area contributed by atoms with Crippen LogP contribution < -0.4 is 15.5 Å². The molecule has 0 amide bonds. The lowest BCUT2D eigenvalue weighted by Crippen LogP contribution is -2.35. The number of hydrogen-bond acceptors (Lipinski definition) is 5. The lowest BCUT2D eigenvalue weighted by atomic mass is 9.84. The molecule has 1 saturated heterocycles. The van der Waals surface area contributed by atoms with Gasteiger partial charge in [0.2, 0.25) is 0 Å². The summed E-state index contributed by atoms with van der Waals surface area (Å²) in [6, 6.07) is 7.66. The molecule has 4 heterocycles. The Morgan fingerprint density at radius 3 is 2.66 bits per heavy atom. The number of nitrogens with one attached hydrogen (secondary N) is 1. The van der Waals surface area contributed by atoms with E-state index in [0.29, 0.717) is 6.54 Å². The average molecular weight is 435 g/mol. The zero-order valence-corrected chi connectivity index (χ0v) is 19.1. The summed E-state index contributed by atoms with van der Waals surface area (Å²) >= 11 is 0. The Labute approximate surface area is 187 Å². The van der Waals surface area contributed by atoms with Gasteiger partial charge < -0.3 is 14.6 Å². The highest BCUT2D eigenvalue weighted by Gasteiger charge is 2.35. The summed E-state index contributed by atoms with van der Waals surface area (Å²) in [6.45, 7) is 10.5. The monoisotopic (exact) mass is 434 g/mol. The number of aromatic nitrogens is 3. The fourth-order valence-corrected chi connectivity index (χ4v) is 4.92. The van der Waals surface area contributed by atoms with Gasteiger partial charge in [-0.25, -0.2) is 0 Å². The molecule has 168 valence electrons. The first-order valence-corrected chi connectivity index (χ1v) is 11.4. The van der Waals surface area contributed by atoms with E-state index in [0.717, 1.165) is 54.0 Å². The maximum atomic E-state index is 12.8. The van der Waals surface area contributed by atoms with Crippen LogP contribution in [-0.4, -0.2) is 39.3 Å². The van der Waals surface area contributed by atoms with E-state index in [4.69, 9.17) is 9.84 Å². The normalized spacial score (nSPS) is 18.9. The summed E-state index contributed by atoms with van der Waals surface area (Å²) in [4.78, 5) is 24.9. The second-order valence-corrected chi connectivity index (χ2v) is 10.0. The fraction of sp³-hybridized carbons (Fsp3) is 0.480. The van der Waals surface area contributed by atoms with Gasteiger partial charge in [0, 0.05) is 17.6 Å². The van der Waals surface area contributed by atoms with E-state index in [1.54, 1.807) is 12.3 Å². The molecule has 2 aliphatic rings. The van der Waals surface area contributed by atoms with Gasteiger partial charge in [-0.1, -0.05) is 32.9 Å². The van der Waals surface area contributed by atoms with Gasteiger partial charge in [-0.3, -0.25) is 14.3 Å². The van der Waals surface area contributed by atoms with Crippen molar-refractivity contribution in [1.29, 1.82) is 0 Å². The molecule has 1 atom stereocenters. The quantitative estimate of drug-likeness (QED) is 0.635. The van der Waals surface area contributed by atoms with Crippen LogP contribution in [0, 0.1) is 5.41 Å². The Balaban J connectivity index is 1.70. The summed E-state index contributed by atoms with van der Waals surface area (Å²) in [5.41, 5.74) is 2.42. The zero-order chi connectivity index (χ0) is 22.6. The standard InChI is InChI=1S/C25H30N4O3/c1-15(30)18-13-28-19(12-20(18)31)24-17-6-5-7-21(32-16-8-10-26-11-9-16)23(17)27-29(24)14-22(28)25(2,3)4/h5-7,12-13,16,22,26H,8-11,14H2,1-4H3. The van der Waals surface area contributed by atoms with E-state index in [-0.39, 0.29) is 34.3 Å². The van der Waals surface area contributed by atoms with Crippen molar-refractivity contribution in [2.75, 3.05) is 13.1 Å². The van der Waals surface area contributed by atoms with Crippen LogP contribution in [0.15, 0.2) is 35.3 Å². The molecule has 1 fully saturated rings. The maximum Gasteiger partial charge on any atom is 0.193 e. The number of carbonyl (C=O) groups is 1. The first-order chi connectivity index (χ1) is 15.2. The highest BCUT2D eigenvalue weighted by atomic mass is 16.5. The van der Waals surface area contributed by atoms with Crippen LogP contribution in [-0.2, 0) is 6.54 Å². The van der Waals surface area contributed by atoms with Gasteiger partial charge in [0.15, 0.2) is 11.2 Å². The SMILES string of the molecule is CC(=O)c1cn2c(cc1=O)-c1c3cccc(OC4CCNCC4)c3nn1CC2C(C)(C)C. The van der Waals surface area contributed by atoms with Crippen molar-refractivity contribution in [3.63, 3.8) is 0 Å². The molecule has 1 unspecified atom stereocenters. The van der Waals surface area contributed by atoms with Crippen molar-refractivity contribution in [2.24, 2.45) is 5.41 Å². The van der Waals surface area contributed by atoms with Crippen molar-refractivity contribution >= 4 is 16.7 Å². The minimum atomic E-state index is -0.249. The predicted octanol–water partition coefficient (Wildman–Crippen LogP) is 3.80. The number of piperidine rings is 1. The van der Waals surface area contributed by atoms with Crippen LogP contribution in [0.4, 0.5) is 0 Å². The Hall–Kier alpha value is -2.93. The fourth-order valence-electron chi connectivity index (χ4n) is 4.92. The van der Waals surface area contributed by atoms with E-state index < -0.39 is 0 Å². The summed E-state index contributed by atoms with van der Waals surface area (Å²) in [6.07, 6.45) is 3.87. The molecule has 32 heavy (non-hydrogen) atoms. The van der Waals surface area contributed by atoms with E-state index in [2.05, 4.69) is 30.7 Å². The zero-order valence-electron chi connectivity index (χ0n) is 19.1. The van der Waals surface area contributed by atoms with Crippen LogP contribution in [0.25, 0.3) is 22.3 Å². The third-order valence-electron chi connectivity index (χ3n) is 6.70. The number of ether oxygens (including phenoxy) is 1. The summed E-state index contributed by atoms with van der Waals surface area (Å²) in [5, 5.41) is 9.30. The topological polar surface area (TPSA) is 78.2 Å². The number of rotatable bonds is 3. The molecule has 0 aliphatic carbocycles. The summed E-state index contributed by atoms with van der Waals surface area (Å²) in [7, 11) is 0.